The first-order valence-corrected chi connectivity index (χ1v) is 6.50. The number of primary sulfonamides is 1. The van der Waals surface area contributed by atoms with Crippen LogP contribution in [0.3, 0.4) is 0 Å². The lowest BCUT2D eigenvalue weighted by atomic mass is 10.2. The quantitative estimate of drug-likeness (QED) is 0.831. The lowest BCUT2D eigenvalue weighted by molar-refractivity contribution is 0.568. The fraction of sp³-hybridized carbons (Fsp3) is 0. The van der Waals surface area contributed by atoms with Gasteiger partial charge < -0.3 is 0 Å². The van der Waals surface area contributed by atoms with Crippen LogP contribution in [0.25, 0.3) is 11.4 Å². The van der Waals surface area contributed by atoms with Crippen LogP contribution in [0.5, 0.6) is 0 Å². The monoisotopic (exact) mass is 321 g/mol. The minimum atomic E-state index is -4.24. The summed E-state index contributed by atoms with van der Waals surface area (Å²) in [5.74, 6) is -1.05. The number of halogens is 2. The van der Waals surface area contributed by atoms with Gasteiger partial charge in [-0.05, 0) is 33.3 Å². The number of nitrogens with two attached hydrogens (primary N) is 1. The Morgan fingerprint density at radius 3 is 2.65 bits per heavy atom. The first-order valence-electron chi connectivity index (χ1n) is 4.16. The average Bonchev–Trinajstić information content (AvgIpc) is 2.72. The van der Waals surface area contributed by atoms with Crippen LogP contribution in [-0.4, -0.2) is 29.0 Å². The smallest absolute Gasteiger partial charge is 0.225 e. The lowest BCUT2D eigenvalue weighted by Crippen LogP contribution is -2.16. The maximum Gasteiger partial charge on any atom is 0.241 e. The van der Waals surface area contributed by atoms with Crippen LogP contribution in [0.2, 0.25) is 0 Å². The van der Waals surface area contributed by atoms with Crippen molar-refractivity contribution in [2.45, 2.75) is 4.90 Å². The van der Waals surface area contributed by atoms with Gasteiger partial charge in [-0.15, -0.1) is 10.2 Å². The number of hydrogen-bond acceptors (Lipinski definition) is 5. The van der Waals surface area contributed by atoms with E-state index < -0.39 is 20.7 Å². The van der Waals surface area contributed by atoms with Crippen molar-refractivity contribution in [2.24, 2.45) is 5.14 Å². The van der Waals surface area contributed by atoms with Gasteiger partial charge in [0.25, 0.3) is 0 Å². The third kappa shape index (κ3) is 2.18. The second-order valence-corrected chi connectivity index (χ2v) is 5.37. The first kappa shape index (κ1) is 12.1. The molecule has 0 spiro atoms. The van der Waals surface area contributed by atoms with E-state index >= 15 is 0 Å². The molecule has 17 heavy (non-hydrogen) atoms. The van der Waals surface area contributed by atoms with Crippen molar-refractivity contribution in [3.05, 3.63) is 22.4 Å². The molecule has 0 fully saturated rings. The van der Waals surface area contributed by atoms with Gasteiger partial charge in [-0.2, -0.15) is 5.21 Å². The molecule has 10 heteroatoms. The van der Waals surface area contributed by atoms with Gasteiger partial charge in [0.2, 0.25) is 15.8 Å². The normalized spacial score (nSPS) is 11.7. The molecule has 0 saturated carbocycles. The zero-order valence-electron chi connectivity index (χ0n) is 8.05. The topological polar surface area (TPSA) is 115 Å². The molecule has 1 aromatic carbocycles. The van der Waals surface area contributed by atoms with E-state index in [0.717, 1.165) is 6.07 Å². The number of hydrogen-bond donors (Lipinski definition) is 2. The molecule has 0 atom stereocenters. The summed E-state index contributed by atoms with van der Waals surface area (Å²) in [6.45, 7) is 0. The van der Waals surface area contributed by atoms with E-state index in [1.165, 1.54) is 6.07 Å². The number of benzene rings is 1. The zero-order valence-corrected chi connectivity index (χ0v) is 10.5. The fourth-order valence-electron chi connectivity index (χ4n) is 1.29. The van der Waals surface area contributed by atoms with Gasteiger partial charge in [0, 0.05) is 4.47 Å². The van der Waals surface area contributed by atoms with Gasteiger partial charge in [0.15, 0.2) is 0 Å². The minimum Gasteiger partial charge on any atom is -0.225 e. The number of sulfonamides is 1. The molecule has 0 amide bonds. The highest BCUT2D eigenvalue weighted by Crippen LogP contribution is 2.33. The number of rotatable bonds is 2. The van der Waals surface area contributed by atoms with Gasteiger partial charge >= 0.3 is 0 Å². The Kier molecular flexibility index (Phi) is 2.93. The molecular formula is C7H5BrFN5O2S. The third-order valence-corrected chi connectivity index (χ3v) is 3.54. The van der Waals surface area contributed by atoms with Crippen molar-refractivity contribution in [3.63, 3.8) is 0 Å². The van der Waals surface area contributed by atoms with Crippen LogP contribution in [0.15, 0.2) is 21.5 Å². The number of nitrogens with zero attached hydrogens (tertiary/aromatic N) is 3. The highest BCUT2D eigenvalue weighted by molar-refractivity contribution is 9.10. The van der Waals surface area contributed by atoms with E-state index in [2.05, 4.69) is 36.6 Å². The Labute approximate surface area is 103 Å². The summed E-state index contributed by atoms with van der Waals surface area (Å²) in [6, 6.07) is 2.31. The van der Waals surface area contributed by atoms with Crippen LogP contribution >= 0.6 is 15.9 Å². The molecule has 0 aliphatic rings. The van der Waals surface area contributed by atoms with E-state index in [4.69, 9.17) is 5.14 Å². The molecule has 0 aliphatic carbocycles. The molecule has 3 N–H and O–H groups in total. The lowest BCUT2D eigenvalue weighted by Gasteiger charge is -2.07. The Balaban J connectivity index is 2.87. The Hall–Kier alpha value is -1.39. The summed E-state index contributed by atoms with van der Waals surface area (Å²) in [5.41, 5.74) is -0.0683. The molecule has 1 aromatic heterocycles. The van der Waals surface area contributed by atoms with Crippen molar-refractivity contribution in [3.8, 4) is 11.4 Å². The molecule has 2 aromatic rings. The summed E-state index contributed by atoms with van der Waals surface area (Å²) in [5, 5.41) is 17.6. The predicted octanol–water partition coefficient (Wildman–Crippen LogP) is 0.416. The van der Waals surface area contributed by atoms with E-state index in [1.807, 2.05) is 0 Å². The number of aromatic nitrogens is 4. The number of tetrazole rings is 1. The van der Waals surface area contributed by atoms with Crippen molar-refractivity contribution in [2.75, 3.05) is 0 Å². The minimum absolute atomic E-state index is 0.0683. The van der Waals surface area contributed by atoms with Gasteiger partial charge in [-0.3, -0.25) is 0 Å². The molecule has 0 saturated heterocycles. The van der Waals surface area contributed by atoms with Crippen LogP contribution in [0, 0.1) is 5.82 Å². The SMILES string of the molecule is NS(=O)(=O)c1c(F)ccc(Br)c1-c1nn[nH]n1. The number of nitrogens with one attached hydrogen (secondary N) is 1. The molecule has 2 rings (SSSR count). The second kappa shape index (κ2) is 4.13. The molecule has 7 nitrogen and oxygen atoms in total. The summed E-state index contributed by atoms with van der Waals surface area (Å²) < 4.78 is 36.6. The van der Waals surface area contributed by atoms with Gasteiger partial charge in [0.1, 0.15) is 10.7 Å². The summed E-state index contributed by atoms with van der Waals surface area (Å²) in [6.07, 6.45) is 0. The highest BCUT2D eigenvalue weighted by Gasteiger charge is 2.25. The number of H-pyrrole nitrogens is 1. The van der Waals surface area contributed by atoms with Crippen molar-refractivity contribution in [1.82, 2.24) is 20.6 Å². The van der Waals surface area contributed by atoms with E-state index in [9.17, 15) is 12.8 Å². The predicted molar refractivity (Wildman–Crippen MR) is 58.6 cm³/mol. The summed E-state index contributed by atoms with van der Waals surface area (Å²) >= 11 is 3.09. The van der Waals surface area contributed by atoms with Crippen molar-refractivity contribution < 1.29 is 12.8 Å². The fourth-order valence-corrected chi connectivity index (χ4v) is 2.75. The van der Waals surface area contributed by atoms with E-state index in [1.54, 1.807) is 0 Å². The van der Waals surface area contributed by atoms with Crippen LogP contribution in [0.1, 0.15) is 0 Å². The number of aromatic amines is 1. The standard InChI is InChI=1S/C7H5BrFN5O2S/c8-3-1-2-4(9)6(17(10,15)16)5(3)7-11-13-14-12-7/h1-2H,(H2,10,15,16)(H,11,12,13,14). The second-order valence-electron chi connectivity index (χ2n) is 3.01. The largest absolute Gasteiger partial charge is 0.241 e. The van der Waals surface area contributed by atoms with Crippen LogP contribution in [-0.2, 0) is 10.0 Å². The Morgan fingerprint density at radius 1 is 1.41 bits per heavy atom. The Morgan fingerprint density at radius 2 is 2.12 bits per heavy atom. The molecule has 0 bridgehead atoms. The average molecular weight is 322 g/mol. The maximum absolute atomic E-state index is 13.6. The van der Waals surface area contributed by atoms with E-state index in [0.29, 0.717) is 4.47 Å². The van der Waals surface area contributed by atoms with Crippen molar-refractivity contribution in [1.29, 1.82) is 0 Å². The van der Waals surface area contributed by atoms with Gasteiger partial charge in [-0.25, -0.2) is 17.9 Å². The molecule has 1 heterocycles. The third-order valence-electron chi connectivity index (χ3n) is 1.91. The van der Waals surface area contributed by atoms with Crippen LogP contribution in [0.4, 0.5) is 4.39 Å². The van der Waals surface area contributed by atoms with Gasteiger partial charge in [-0.1, -0.05) is 0 Å². The molecule has 0 unspecified atom stereocenters. The molecular weight excluding hydrogens is 317 g/mol. The summed E-state index contributed by atoms with van der Waals surface area (Å²) in [7, 11) is -4.24. The van der Waals surface area contributed by atoms with Crippen molar-refractivity contribution >= 4 is 26.0 Å². The summed E-state index contributed by atoms with van der Waals surface area (Å²) in [4.78, 5) is -0.673. The first-order chi connectivity index (χ1) is 7.91. The Bertz CT molecular complexity index is 657. The van der Waals surface area contributed by atoms with Crippen LogP contribution < -0.4 is 5.14 Å². The zero-order chi connectivity index (χ0) is 12.6. The molecule has 90 valence electrons. The van der Waals surface area contributed by atoms with E-state index in [-0.39, 0.29) is 11.4 Å². The van der Waals surface area contributed by atoms with Gasteiger partial charge in [0.05, 0.1) is 5.56 Å². The molecule has 0 radical (unpaired) electrons. The molecule has 0 aliphatic heterocycles. The highest BCUT2D eigenvalue weighted by atomic mass is 79.9. The maximum atomic E-state index is 13.6.